The fraction of sp³-hybridized carbons (Fsp3) is 0.312. The van der Waals surface area contributed by atoms with Gasteiger partial charge in [0.25, 0.3) is 5.69 Å². The number of nitro groups is 1. The molecule has 2 atom stereocenters. The first kappa shape index (κ1) is 40.2. The van der Waals surface area contributed by atoms with Crippen LogP contribution in [-0.4, -0.2) is 76.4 Å². The molecule has 0 bridgehead atoms. The molecule has 19 heteroatoms. The maximum absolute atomic E-state index is 12.6. The molecule has 3 aromatic rings. The van der Waals surface area contributed by atoms with Crippen LogP contribution in [-0.2, 0) is 41.1 Å². The first-order valence-electron chi connectivity index (χ1n) is 15.3. The summed E-state index contributed by atoms with van der Waals surface area (Å²) in [4.78, 5) is 68.2. The molecule has 0 saturated carbocycles. The van der Waals surface area contributed by atoms with Gasteiger partial charge >= 0.3 is 19.9 Å². The van der Waals surface area contributed by atoms with Crippen molar-refractivity contribution in [2.75, 3.05) is 26.4 Å². The number of aliphatic hydroxyl groups is 2. The monoisotopic (exact) mass is 733 g/mol. The third kappa shape index (κ3) is 15.5. The molecule has 0 fully saturated rings. The normalized spacial score (nSPS) is 12.5. The summed E-state index contributed by atoms with van der Waals surface area (Å²) in [6, 6.07) is 17.5. The molecule has 51 heavy (non-hydrogen) atoms. The van der Waals surface area contributed by atoms with Gasteiger partial charge in [0.1, 0.15) is 24.2 Å². The standard InChI is InChI=1S/C32H36N3O15P/c36-19-26(37)21-48-51(44,45)47-17-16-33-29(38)2-1-3-30(39)34-18-22-4-8-24(9-5-22)31(40)49-27-12-6-23(7-13-27)20-46-32(41)50-28-14-10-25(11-15-28)35(42)43/h4-15,26,36-37H,1-3,16-21H2,(H,33,38)(H,34,39)(H,44,45)/t26-/m1/s1. The molecule has 5 N–H and O–H groups in total. The summed E-state index contributed by atoms with van der Waals surface area (Å²) in [6.45, 7) is -1.64. The largest absolute Gasteiger partial charge is 0.514 e. The Hall–Kier alpha value is -5.23. The Labute approximate surface area is 291 Å². The number of aliphatic hydroxyl groups excluding tert-OH is 2. The van der Waals surface area contributed by atoms with Gasteiger partial charge in [-0.05, 0) is 53.9 Å². The fourth-order valence-electron chi connectivity index (χ4n) is 3.89. The number of hydrogen-bond donors (Lipinski definition) is 5. The average Bonchev–Trinajstić information content (AvgIpc) is 3.11. The Bertz CT molecular complexity index is 1670. The Balaban J connectivity index is 1.29. The van der Waals surface area contributed by atoms with E-state index in [1.165, 1.54) is 48.5 Å². The number of carbonyl (C=O) groups excluding carboxylic acids is 4. The molecule has 2 amide bonds. The highest BCUT2D eigenvalue weighted by molar-refractivity contribution is 7.47. The number of hydrogen-bond acceptors (Lipinski definition) is 14. The molecule has 1 unspecified atom stereocenters. The van der Waals surface area contributed by atoms with Crippen LogP contribution in [0, 0.1) is 10.1 Å². The highest BCUT2D eigenvalue weighted by atomic mass is 31.2. The van der Waals surface area contributed by atoms with E-state index in [1.54, 1.807) is 24.3 Å². The third-order valence-electron chi connectivity index (χ3n) is 6.55. The summed E-state index contributed by atoms with van der Waals surface area (Å²) >= 11 is 0. The van der Waals surface area contributed by atoms with E-state index in [0.717, 1.165) is 0 Å². The van der Waals surface area contributed by atoms with Crippen molar-refractivity contribution >= 4 is 37.4 Å². The van der Waals surface area contributed by atoms with Crippen molar-refractivity contribution < 1.29 is 67.0 Å². The van der Waals surface area contributed by atoms with Crippen LogP contribution < -0.4 is 20.1 Å². The number of phosphoric acid groups is 1. The number of nitro benzene ring substituents is 1. The molecular weight excluding hydrogens is 697 g/mol. The van der Waals surface area contributed by atoms with E-state index in [9.17, 15) is 38.8 Å². The lowest BCUT2D eigenvalue weighted by atomic mass is 10.1. The maximum Gasteiger partial charge on any atom is 0.514 e. The number of esters is 1. The number of non-ortho nitro benzene ring substituents is 1. The molecule has 0 aromatic heterocycles. The van der Waals surface area contributed by atoms with E-state index in [4.69, 9.17) is 24.4 Å². The van der Waals surface area contributed by atoms with Crippen molar-refractivity contribution in [3.8, 4) is 11.5 Å². The molecule has 0 heterocycles. The van der Waals surface area contributed by atoms with Gasteiger partial charge in [0.15, 0.2) is 0 Å². The van der Waals surface area contributed by atoms with Crippen molar-refractivity contribution in [3.05, 3.63) is 99.6 Å². The third-order valence-corrected chi connectivity index (χ3v) is 7.53. The van der Waals surface area contributed by atoms with E-state index in [0.29, 0.717) is 11.1 Å². The summed E-state index contributed by atoms with van der Waals surface area (Å²) in [6.07, 6.45) is -2.00. The van der Waals surface area contributed by atoms with E-state index >= 15 is 0 Å². The van der Waals surface area contributed by atoms with Gasteiger partial charge in [0.2, 0.25) is 11.8 Å². The molecule has 274 valence electrons. The number of phosphoric ester groups is 1. The summed E-state index contributed by atoms with van der Waals surface area (Å²) < 4.78 is 36.1. The zero-order valence-electron chi connectivity index (χ0n) is 27.0. The fourth-order valence-corrected chi connectivity index (χ4v) is 4.65. The zero-order chi connectivity index (χ0) is 37.2. The van der Waals surface area contributed by atoms with Gasteiger partial charge in [-0.15, -0.1) is 0 Å². The number of amides is 2. The molecule has 3 rings (SSSR count). The highest BCUT2D eigenvalue weighted by Crippen LogP contribution is 2.42. The SMILES string of the molecule is O=C(CCCC(=O)NCc1ccc(C(=O)Oc2ccc(COC(=O)Oc3ccc([N+](=O)[O-])cc3)cc2)cc1)NCCOP(=O)(O)OC[C@H](O)CO. The second-order valence-electron chi connectivity index (χ2n) is 10.5. The zero-order valence-corrected chi connectivity index (χ0v) is 27.9. The summed E-state index contributed by atoms with van der Waals surface area (Å²) in [5.41, 5.74) is 1.40. The van der Waals surface area contributed by atoms with E-state index in [-0.39, 0.29) is 74.2 Å². The molecule has 0 aliphatic rings. The van der Waals surface area contributed by atoms with Crippen LogP contribution in [0.5, 0.6) is 11.5 Å². The second-order valence-corrected chi connectivity index (χ2v) is 12.0. The number of nitrogens with zero attached hydrogens (tertiary/aromatic N) is 1. The lowest BCUT2D eigenvalue weighted by Crippen LogP contribution is -2.28. The smallest absolute Gasteiger partial charge is 0.429 e. The predicted octanol–water partition coefficient (Wildman–Crippen LogP) is 2.92. The average molecular weight is 734 g/mol. The number of carbonyl (C=O) groups is 4. The molecule has 0 spiro atoms. The van der Waals surface area contributed by atoms with Crippen LogP contribution in [0.25, 0.3) is 0 Å². The van der Waals surface area contributed by atoms with Crippen LogP contribution in [0.15, 0.2) is 72.8 Å². The second kappa shape index (κ2) is 20.4. The summed E-state index contributed by atoms with van der Waals surface area (Å²) in [5.74, 6) is -0.997. The lowest BCUT2D eigenvalue weighted by molar-refractivity contribution is -0.384. The maximum atomic E-state index is 12.6. The highest BCUT2D eigenvalue weighted by Gasteiger charge is 2.22. The quantitative estimate of drug-likeness (QED) is 0.0213. The minimum atomic E-state index is -4.45. The Morgan fingerprint density at radius 1 is 0.824 bits per heavy atom. The van der Waals surface area contributed by atoms with Crippen LogP contribution in [0.2, 0.25) is 0 Å². The minimum absolute atomic E-state index is 0.0253. The Morgan fingerprint density at radius 2 is 1.41 bits per heavy atom. The summed E-state index contributed by atoms with van der Waals surface area (Å²) in [5, 5.41) is 33.7. The first-order valence-corrected chi connectivity index (χ1v) is 16.8. The van der Waals surface area contributed by atoms with Crippen LogP contribution >= 0.6 is 7.82 Å². The molecule has 0 aliphatic carbocycles. The molecule has 0 saturated heterocycles. The van der Waals surface area contributed by atoms with Crippen molar-refractivity contribution in [1.82, 2.24) is 10.6 Å². The molecule has 18 nitrogen and oxygen atoms in total. The molecule has 0 aliphatic heterocycles. The van der Waals surface area contributed by atoms with E-state index < -0.39 is 50.1 Å². The number of benzene rings is 3. The Morgan fingerprint density at radius 3 is 2.04 bits per heavy atom. The van der Waals surface area contributed by atoms with Gasteiger partial charge < -0.3 is 40.0 Å². The topological polar surface area (TPSA) is 259 Å². The molecule has 3 aromatic carbocycles. The number of rotatable bonds is 20. The molecule has 0 radical (unpaired) electrons. The van der Waals surface area contributed by atoms with E-state index in [2.05, 4.69) is 19.7 Å². The van der Waals surface area contributed by atoms with Gasteiger partial charge in [0, 0.05) is 38.1 Å². The number of ether oxygens (including phenoxy) is 3. The molecular formula is C32H36N3O15P. The van der Waals surface area contributed by atoms with Gasteiger partial charge in [-0.2, -0.15) is 0 Å². The van der Waals surface area contributed by atoms with Crippen molar-refractivity contribution in [1.29, 1.82) is 0 Å². The first-order chi connectivity index (χ1) is 24.3. The Kier molecular flexibility index (Phi) is 16.1. The van der Waals surface area contributed by atoms with Crippen LogP contribution in [0.3, 0.4) is 0 Å². The minimum Gasteiger partial charge on any atom is -0.429 e. The van der Waals surface area contributed by atoms with Gasteiger partial charge in [-0.1, -0.05) is 24.3 Å². The van der Waals surface area contributed by atoms with Gasteiger partial charge in [-0.3, -0.25) is 28.8 Å². The van der Waals surface area contributed by atoms with Gasteiger partial charge in [-0.25, -0.2) is 14.2 Å². The summed E-state index contributed by atoms with van der Waals surface area (Å²) in [7, 11) is -4.45. The van der Waals surface area contributed by atoms with Crippen molar-refractivity contribution in [2.45, 2.75) is 38.5 Å². The van der Waals surface area contributed by atoms with Crippen LogP contribution in [0.1, 0.15) is 40.7 Å². The lowest BCUT2D eigenvalue weighted by Gasteiger charge is -2.14. The van der Waals surface area contributed by atoms with Gasteiger partial charge in [0.05, 0.1) is 30.3 Å². The predicted molar refractivity (Wildman–Crippen MR) is 175 cm³/mol. The van der Waals surface area contributed by atoms with Crippen molar-refractivity contribution in [3.63, 3.8) is 0 Å². The van der Waals surface area contributed by atoms with Crippen LogP contribution in [0.4, 0.5) is 10.5 Å². The van der Waals surface area contributed by atoms with Crippen molar-refractivity contribution in [2.24, 2.45) is 0 Å². The number of nitrogens with one attached hydrogen (secondary N) is 2. The van der Waals surface area contributed by atoms with E-state index in [1.807, 2.05) is 0 Å².